The molecule has 4 aliphatic heterocycles. The Balaban J connectivity index is 0.721. The molecule has 4 aliphatic rings. The molecule has 5 aromatic rings. The standard InChI is InChI=1S/C51H58ClFN8O13S/c1-60(2)14-3-4-43(62)57-40-26-37-39(27-42(40)73-35-10-17-70-28-35)54-31-55-47(37)56-33-24-36(45(53)38(52)25-33)32-5-7-34(8-6-32)72-21-20-68-18-19-69-22-23-75(66,67)61-15-12-51(65,13-16-61)49-58-41-29-71-30-50(46(41)74-49)11-9-44(63)59-48(50)64/h3-8,24-27,31,35,65H,9-23,28-30H2,1-2H3,(H,57,62)(H,54,55,56)(H,59,63,64)/b4-3+. The lowest BCUT2D eigenvalue weighted by Gasteiger charge is -2.36. The smallest absolute Gasteiger partial charge is 0.248 e. The van der Waals surface area contributed by atoms with Crippen LogP contribution in [0.5, 0.6) is 11.5 Å². The number of oxazole rings is 1. The van der Waals surface area contributed by atoms with Gasteiger partial charge in [0.25, 0.3) is 0 Å². The molecule has 2 atom stereocenters. The van der Waals surface area contributed by atoms with Crippen LogP contribution >= 0.6 is 11.6 Å². The molecule has 0 radical (unpaired) electrons. The van der Waals surface area contributed by atoms with Gasteiger partial charge in [-0.2, -0.15) is 0 Å². The summed E-state index contributed by atoms with van der Waals surface area (Å²) in [7, 11) is 0.0879. The van der Waals surface area contributed by atoms with Gasteiger partial charge in [0.05, 0.1) is 74.8 Å². The Kier molecular flexibility index (Phi) is 16.7. The van der Waals surface area contributed by atoms with Gasteiger partial charge in [-0.1, -0.05) is 29.8 Å². The molecular weight excluding hydrogens is 1020 g/mol. The van der Waals surface area contributed by atoms with Gasteiger partial charge in [0, 0.05) is 61.3 Å². The molecule has 4 N–H and O–H groups in total. The van der Waals surface area contributed by atoms with Crippen LogP contribution in [0.15, 0.2) is 71.4 Å². The van der Waals surface area contributed by atoms with E-state index in [4.69, 9.17) is 44.4 Å². The predicted molar refractivity (Wildman–Crippen MR) is 272 cm³/mol. The van der Waals surface area contributed by atoms with Crippen LogP contribution in [-0.4, -0.2) is 154 Å². The predicted octanol–water partition coefficient (Wildman–Crippen LogP) is 4.97. The number of anilines is 3. The van der Waals surface area contributed by atoms with E-state index >= 15 is 4.39 Å². The molecule has 75 heavy (non-hydrogen) atoms. The molecule has 3 saturated heterocycles. The molecule has 24 heteroatoms. The minimum Gasteiger partial charge on any atom is -0.491 e. The zero-order chi connectivity index (χ0) is 52.7. The average molecular weight is 1080 g/mol. The number of sulfonamides is 1. The largest absolute Gasteiger partial charge is 0.491 e. The van der Waals surface area contributed by atoms with Gasteiger partial charge in [-0.15, -0.1) is 0 Å². The number of rotatable bonds is 21. The molecule has 0 aliphatic carbocycles. The molecule has 0 bridgehead atoms. The average Bonchev–Trinajstić information content (AvgIpc) is 4.10. The molecule has 6 heterocycles. The van der Waals surface area contributed by atoms with Gasteiger partial charge in [0.2, 0.25) is 33.6 Å². The van der Waals surface area contributed by atoms with Crippen molar-refractivity contribution >= 4 is 67.4 Å². The zero-order valence-electron chi connectivity index (χ0n) is 41.4. The molecule has 21 nitrogen and oxygen atoms in total. The van der Waals surface area contributed by atoms with Crippen LogP contribution < -0.4 is 25.4 Å². The van der Waals surface area contributed by atoms with E-state index in [0.29, 0.717) is 77.0 Å². The number of piperidine rings is 2. The van der Waals surface area contributed by atoms with E-state index in [1.807, 2.05) is 19.0 Å². The lowest BCUT2D eigenvalue weighted by molar-refractivity contribution is -0.142. The zero-order valence-corrected chi connectivity index (χ0v) is 43.0. The van der Waals surface area contributed by atoms with Crippen molar-refractivity contribution in [3.63, 3.8) is 0 Å². The maximum absolute atomic E-state index is 15.6. The first-order valence-corrected chi connectivity index (χ1v) is 26.5. The van der Waals surface area contributed by atoms with E-state index in [0.717, 1.165) is 0 Å². The third-order valence-electron chi connectivity index (χ3n) is 13.3. The molecule has 9 rings (SSSR count). The fourth-order valence-corrected chi connectivity index (χ4v) is 10.7. The van der Waals surface area contributed by atoms with Crippen molar-refractivity contribution in [2.24, 2.45) is 0 Å². The van der Waals surface area contributed by atoms with Crippen molar-refractivity contribution in [2.45, 2.75) is 55.8 Å². The monoisotopic (exact) mass is 1080 g/mol. The number of nitrogens with one attached hydrogen (secondary N) is 3. The minimum atomic E-state index is -3.72. The summed E-state index contributed by atoms with van der Waals surface area (Å²) in [5, 5.41) is 20.5. The first kappa shape index (κ1) is 53.7. The van der Waals surface area contributed by atoms with E-state index in [1.165, 1.54) is 22.8 Å². The van der Waals surface area contributed by atoms with E-state index in [9.17, 15) is 27.9 Å². The number of hydrogen-bond donors (Lipinski definition) is 4. The van der Waals surface area contributed by atoms with Gasteiger partial charge in [0.1, 0.15) is 64.6 Å². The Morgan fingerprint density at radius 1 is 1.03 bits per heavy atom. The van der Waals surface area contributed by atoms with Gasteiger partial charge in [-0.05, 0) is 69.3 Å². The third kappa shape index (κ3) is 12.6. The number of likely N-dealkylation sites (N-methyl/N-ethyl adjacent to an activating group) is 1. The Morgan fingerprint density at radius 3 is 2.55 bits per heavy atom. The third-order valence-corrected chi connectivity index (χ3v) is 15.4. The van der Waals surface area contributed by atoms with Gasteiger partial charge in [-0.25, -0.2) is 32.1 Å². The fraction of sp³-hybridized carbons (Fsp3) is 0.451. The summed E-state index contributed by atoms with van der Waals surface area (Å²) >= 11 is 6.45. The van der Waals surface area contributed by atoms with Crippen LogP contribution in [0.25, 0.3) is 22.0 Å². The number of carbonyl (C=O) groups excluding carboxylic acids is 3. The highest BCUT2D eigenvalue weighted by Crippen LogP contribution is 2.43. The van der Waals surface area contributed by atoms with Crippen LogP contribution in [0.1, 0.15) is 49.4 Å². The highest BCUT2D eigenvalue weighted by Gasteiger charge is 2.53. The molecule has 3 fully saturated rings. The van der Waals surface area contributed by atoms with Crippen molar-refractivity contribution in [3.8, 4) is 22.6 Å². The van der Waals surface area contributed by atoms with Crippen LogP contribution in [0.3, 0.4) is 0 Å². The van der Waals surface area contributed by atoms with Crippen LogP contribution in [0, 0.1) is 5.82 Å². The first-order chi connectivity index (χ1) is 36.1. The summed E-state index contributed by atoms with van der Waals surface area (Å²) < 4.78 is 83.7. The summed E-state index contributed by atoms with van der Waals surface area (Å²) in [6, 6.07) is 13.3. The fourth-order valence-electron chi connectivity index (χ4n) is 9.14. The van der Waals surface area contributed by atoms with Gasteiger partial charge in [0.15, 0.2) is 0 Å². The molecule has 2 unspecified atom stereocenters. The number of aliphatic hydroxyl groups is 1. The number of amides is 3. The lowest BCUT2D eigenvalue weighted by Crippen LogP contribution is -2.55. The normalized spacial score (nSPS) is 19.9. The quantitative estimate of drug-likeness (QED) is 0.0430. The highest BCUT2D eigenvalue weighted by atomic mass is 35.5. The number of aromatic nitrogens is 3. The Hall–Kier alpha value is -6.15. The van der Waals surface area contributed by atoms with E-state index in [2.05, 4.69) is 30.9 Å². The topological polar surface area (TPSA) is 255 Å². The first-order valence-electron chi connectivity index (χ1n) is 24.5. The second kappa shape index (κ2) is 23.4. The van der Waals surface area contributed by atoms with Crippen molar-refractivity contribution in [1.29, 1.82) is 0 Å². The van der Waals surface area contributed by atoms with Gasteiger partial charge >= 0.3 is 0 Å². The molecular formula is C51H58ClFN8O13S. The molecule has 0 saturated carbocycles. The summed E-state index contributed by atoms with van der Waals surface area (Å²) in [5.74, 6) is -0.539. The Bertz CT molecular complexity index is 3040. The number of halogens is 2. The number of ether oxygens (including phenoxy) is 6. The van der Waals surface area contributed by atoms with E-state index in [1.54, 1.807) is 48.5 Å². The van der Waals surface area contributed by atoms with Crippen LogP contribution in [-0.2, 0) is 61.0 Å². The number of carbonyl (C=O) groups is 3. The Morgan fingerprint density at radius 2 is 1.80 bits per heavy atom. The van der Waals surface area contributed by atoms with Gasteiger partial charge in [-0.3, -0.25) is 19.7 Å². The summed E-state index contributed by atoms with van der Waals surface area (Å²) in [6.45, 7) is 2.40. The summed E-state index contributed by atoms with van der Waals surface area (Å²) in [6.07, 6.45) is 5.46. The molecule has 1 spiro atoms. The summed E-state index contributed by atoms with van der Waals surface area (Å²) in [5.41, 5.74) is -0.238. The maximum atomic E-state index is 15.6. The van der Waals surface area contributed by atoms with E-state index in [-0.39, 0.29) is 131 Å². The molecule has 3 amide bonds. The maximum Gasteiger partial charge on any atom is 0.248 e. The second-order valence-electron chi connectivity index (χ2n) is 18.9. The number of hydrogen-bond acceptors (Lipinski definition) is 18. The molecule has 2 aromatic heterocycles. The van der Waals surface area contributed by atoms with Crippen LogP contribution in [0.4, 0.5) is 21.6 Å². The highest BCUT2D eigenvalue weighted by molar-refractivity contribution is 7.89. The second-order valence-corrected chi connectivity index (χ2v) is 21.4. The molecule has 3 aromatic carbocycles. The number of fused-ring (bicyclic) bond motifs is 3. The SMILES string of the molecule is CN(C)C/C=C/C(=O)Nc1cc2c(Nc3cc(Cl)c(F)c(-c4ccc(OCCOCCOCCS(=O)(=O)N5CCC(O)(c6nc7c(o6)C6(CCC(=O)NC6=O)COC7)CC5)cc4)c3)ncnc2cc1OC1CCOC1. The lowest BCUT2D eigenvalue weighted by atomic mass is 9.76. The van der Waals surface area contributed by atoms with Gasteiger partial charge < -0.3 is 53.5 Å². The Labute approximate surface area is 437 Å². The number of imide groups is 1. The molecule has 400 valence electrons. The number of benzene rings is 3. The van der Waals surface area contributed by atoms with E-state index < -0.39 is 32.8 Å². The number of nitrogens with zero attached hydrogens (tertiary/aromatic N) is 5. The van der Waals surface area contributed by atoms with Crippen LogP contribution in [0.2, 0.25) is 5.02 Å². The van der Waals surface area contributed by atoms with Crippen molar-refractivity contribution < 1.29 is 65.1 Å². The summed E-state index contributed by atoms with van der Waals surface area (Å²) in [4.78, 5) is 53.0. The van der Waals surface area contributed by atoms with Crippen molar-refractivity contribution in [1.82, 2.24) is 29.5 Å². The van der Waals surface area contributed by atoms with Crippen molar-refractivity contribution in [2.75, 3.05) is 103 Å². The van der Waals surface area contributed by atoms with Crippen molar-refractivity contribution in [3.05, 3.63) is 95.2 Å². The minimum absolute atomic E-state index is 0.00275.